The molecule has 0 aliphatic rings. The summed E-state index contributed by atoms with van der Waals surface area (Å²) in [6, 6.07) is 12.7. The highest BCUT2D eigenvalue weighted by molar-refractivity contribution is 6.04. The minimum Gasteiger partial charge on any atom is -0.334 e. The van der Waals surface area contributed by atoms with Gasteiger partial charge in [0.1, 0.15) is 0 Å². The highest BCUT2D eigenvalue weighted by atomic mass is 16.2. The maximum absolute atomic E-state index is 12.2. The summed E-state index contributed by atoms with van der Waals surface area (Å²) in [5.41, 5.74) is 3.68. The average Bonchev–Trinajstić information content (AvgIpc) is 2.91. The number of H-pyrrole nitrogens is 1. The van der Waals surface area contributed by atoms with Crippen LogP contribution in [0.1, 0.15) is 40.9 Å². The SMILES string of the molecule is C.CC(=O)c1ccc(NC(=O)c2nc3ccccc3[nH]2)cc1C. The highest BCUT2D eigenvalue weighted by Crippen LogP contribution is 2.17. The van der Waals surface area contributed by atoms with Crippen molar-refractivity contribution in [1.82, 2.24) is 9.97 Å². The number of aromatic amines is 1. The molecule has 23 heavy (non-hydrogen) atoms. The minimum atomic E-state index is -0.314. The van der Waals surface area contributed by atoms with Crippen LogP contribution in [-0.2, 0) is 0 Å². The lowest BCUT2D eigenvalue weighted by Gasteiger charge is -2.07. The fraction of sp³-hybridized carbons (Fsp3) is 0.167. The third kappa shape index (κ3) is 3.29. The number of carbonyl (C=O) groups excluding carboxylic acids is 2. The monoisotopic (exact) mass is 309 g/mol. The van der Waals surface area contributed by atoms with Crippen LogP contribution in [0.5, 0.6) is 0 Å². The average molecular weight is 309 g/mol. The second kappa shape index (κ2) is 6.44. The van der Waals surface area contributed by atoms with E-state index in [1.165, 1.54) is 6.92 Å². The number of hydrogen-bond donors (Lipinski definition) is 2. The maximum atomic E-state index is 12.2. The van der Waals surface area contributed by atoms with Crippen LogP contribution in [0.3, 0.4) is 0 Å². The first-order valence-corrected chi connectivity index (χ1v) is 6.92. The Morgan fingerprint density at radius 3 is 2.52 bits per heavy atom. The lowest BCUT2D eigenvalue weighted by molar-refractivity contribution is 0.101. The third-order valence-corrected chi connectivity index (χ3v) is 3.47. The number of imidazole rings is 1. The number of fused-ring (bicyclic) bond motifs is 1. The van der Waals surface area contributed by atoms with Gasteiger partial charge in [-0.2, -0.15) is 0 Å². The molecule has 0 saturated carbocycles. The van der Waals surface area contributed by atoms with Gasteiger partial charge in [0.05, 0.1) is 11.0 Å². The number of anilines is 1. The summed E-state index contributed by atoms with van der Waals surface area (Å²) < 4.78 is 0. The number of nitrogens with one attached hydrogen (secondary N) is 2. The van der Waals surface area contributed by atoms with Crippen LogP contribution in [-0.4, -0.2) is 21.7 Å². The summed E-state index contributed by atoms with van der Waals surface area (Å²) in [5, 5.41) is 2.78. The molecule has 1 heterocycles. The number of hydrogen-bond acceptors (Lipinski definition) is 3. The van der Waals surface area contributed by atoms with Crippen LogP contribution in [0.4, 0.5) is 5.69 Å². The Morgan fingerprint density at radius 2 is 1.87 bits per heavy atom. The van der Waals surface area contributed by atoms with E-state index < -0.39 is 0 Å². The van der Waals surface area contributed by atoms with Gasteiger partial charge in [0.2, 0.25) is 0 Å². The van der Waals surface area contributed by atoms with E-state index in [9.17, 15) is 9.59 Å². The van der Waals surface area contributed by atoms with E-state index in [2.05, 4.69) is 15.3 Å². The van der Waals surface area contributed by atoms with E-state index in [0.717, 1.165) is 16.6 Å². The van der Waals surface area contributed by atoms with Crippen molar-refractivity contribution in [2.45, 2.75) is 21.3 Å². The standard InChI is InChI=1S/C17H15N3O2.CH4/c1-10-9-12(7-8-13(10)11(2)21)18-17(22)16-19-14-5-3-4-6-15(14)20-16;/h3-9H,1-2H3,(H,18,22)(H,19,20);1H4. The molecule has 1 amide bonds. The first kappa shape index (κ1) is 16.4. The summed E-state index contributed by atoms with van der Waals surface area (Å²) >= 11 is 0. The Kier molecular flexibility index (Phi) is 4.60. The number of ketones is 1. The van der Waals surface area contributed by atoms with Gasteiger partial charge in [-0.15, -0.1) is 0 Å². The number of para-hydroxylation sites is 2. The van der Waals surface area contributed by atoms with E-state index in [1.807, 2.05) is 31.2 Å². The molecule has 3 aromatic rings. The summed E-state index contributed by atoms with van der Waals surface area (Å²) in [4.78, 5) is 30.9. The molecule has 2 N–H and O–H groups in total. The molecule has 0 spiro atoms. The molecule has 5 nitrogen and oxygen atoms in total. The van der Waals surface area contributed by atoms with E-state index in [-0.39, 0.29) is 24.9 Å². The van der Waals surface area contributed by atoms with Crippen LogP contribution < -0.4 is 5.32 Å². The van der Waals surface area contributed by atoms with Crippen molar-refractivity contribution in [3.63, 3.8) is 0 Å². The van der Waals surface area contributed by atoms with Crippen LogP contribution >= 0.6 is 0 Å². The highest BCUT2D eigenvalue weighted by Gasteiger charge is 2.12. The van der Waals surface area contributed by atoms with Crippen LogP contribution in [0, 0.1) is 6.92 Å². The first-order valence-electron chi connectivity index (χ1n) is 6.92. The van der Waals surface area contributed by atoms with E-state index in [4.69, 9.17) is 0 Å². The molecule has 0 bridgehead atoms. The molecule has 3 rings (SSSR count). The Hall–Kier alpha value is -2.95. The van der Waals surface area contributed by atoms with Crippen LogP contribution in [0.25, 0.3) is 11.0 Å². The summed E-state index contributed by atoms with van der Waals surface area (Å²) in [5.74, 6) is -0.0478. The van der Waals surface area contributed by atoms with E-state index in [0.29, 0.717) is 11.3 Å². The Balaban J connectivity index is 0.00000192. The number of aryl methyl sites for hydroxylation is 1. The first-order chi connectivity index (χ1) is 10.5. The number of rotatable bonds is 3. The molecule has 0 saturated heterocycles. The van der Waals surface area contributed by atoms with Crippen LogP contribution in [0.15, 0.2) is 42.5 Å². The van der Waals surface area contributed by atoms with Gasteiger partial charge in [0.25, 0.3) is 5.91 Å². The fourth-order valence-electron chi connectivity index (χ4n) is 2.39. The van der Waals surface area contributed by atoms with Crippen molar-refractivity contribution in [3.8, 4) is 0 Å². The third-order valence-electron chi connectivity index (χ3n) is 3.47. The van der Waals surface area contributed by atoms with Crippen molar-refractivity contribution >= 4 is 28.4 Å². The van der Waals surface area contributed by atoms with Crippen LogP contribution in [0.2, 0.25) is 0 Å². The molecule has 1 aromatic heterocycles. The van der Waals surface area contributed by atoms with Gasteiger partial charge in [0.15, 0.2) is 11.6 Å². The van der Waals surface area contributed by atoms with E-state index >= 15 is 0 Å². The van der Waals surface area contributed by atoms with Crippen molar-refractivity contribution in [2.75, 3.05) is 5.32 Å². The lowest BCUT2D eigenvalue weighted by Crippen LogP contribution is -2.14. The molecule has 0 aliphatic carbocycles. The van der Waals surface area contributed by atoms with Gasteiger partial charge in [-0.05, 0) is 49.7 Å². The largest absolute Gasteiger partial charge is 0.334 e. The zero-order valence-electron chi connectivity index (χ0n) is 12.3. The maximum Gasteiger partial charge on any atom is 0.291 e. The summed E-state index contributed by atoms with van der Waals surface area (Å²) in [6.45, 7) is 3.36. The Morgan fingerprint density at radius 1 is 1.13 bits per heavy atom. The quantitative estimate of drug-likeness (QED) is 0.719. The Bertz CT molecular complexity index is 848. The number of Topliss-reactive ketones (excluding diaryl/α,β-unsaturated/α-hetero) is 1. The molecular formula is C18H19N3O2. The van der Waals surface area contributed by atoms with Crippen molar-refractivity contribution < 1.29 is 9.59 Å². The fourth-order valence-corrected chi connectivity index (χ4v) is 2.39. The molecule has 2 aromatic carbocycles. The molecule has 0 aliphatic heterocycles. The molecule has 5 heteroatoms. The van der Waals surface area contributed by atoms with Gasteiger partial charge >= 0.3 is 0 Å². The second-order valence-electron chi connectivity index (χ2n) is 5.14. The smallest absolute Gasteiger partial charge is 0.291 e. The molecule has 118 valence electrons. The number of aromatic nitrogens is 2. The van der Waals surface area contributed by atoms with Gasteiger partial charge in [0, 0.05) is 11.3 Å². The van der Waals surface area contributed by atoms with Gasteiger partial charge in [-0.1, -0.05) is 19.6 Å². The van der Waals surface area contributed by atoms with Gasteiger partial charge in [-0.3, -0.25) is 9.59 Å². The number of benzene rings is 2. The van der Waals surface area contributed by atoms with E-state index in [1.54, 1.807) is 18.2 Å². The van der Waals surface area contributed by atoms with Gasteiger partial charge in [-0.25, -0.2) is 4.98 Å². The summed E-state index contributed by atoms with van der Waals surface area (Å²) in [6.07, 6.45) is 0. The molecular weight excluding hydrogens is 290 g/mol. The van der Waals surface area contributed by atoms with Crippen molar-refractivity contribution in [2.24, 2.45) is 0 Å². The molecule has 0 fully saturated rings. The summed E-state index contributed by atoms with van der Waals surface area (Å²) in [7, 11) is 0. The topological polar surface area (TPSA) is 74.8 Å². The molecule has 0 radical (unpaired) electrons. The Labute approximate surface area is 134 Å². The molecule has 0 unspecified atom stereocenters. The van der Waals surface area contributed by atoms with Gasteiger partial charge < -0.3 is 10.3 Å². The predicted molar refractivity (Wildman–Crippen MR) is 92.0 cm³/mol. The van der Waals surface area contributed by atoms with Crippen molar-refractivity contribution in [1.29, 1.82) is 0 Å². The number of carbonyl (C=O) groups is 2. The second-order valence-corrected chi connectivity index (χ2v) is 5.14. The number of nitrogens with zero attached hydrogens (tertiary/aromatic N) is 1. The number of amides is 1. The minimum absolute atomic E-state index is 0. The zero-order valence-corrected chi connectivity index (χ0v) is 12.3. The lowest BCUT2D eigenvalue weighted by atomic mass is 10.0. The predicted octanol–water partition coefficient (Wildman–Crippen LogP) is 3.96. The normalized spacial score (nSPS) is 10.2. The molecule has 0 atom stereocenters. The zero-order chi connectivity index (χ0) is 15.7. The van der Waals surface area contributed by atoms with Crippen molar-refractivity contribution in [3.05, 3.63) is 59.4 Å².